The Hall–Kier alpha value is -4.26. The number of carbonyl (C=O) groups is 2. The highest BCUT2D eigenvalue weighted by atomic mass is 127. The molecule has 0 unspecified atom stereocenters. The Morgan fingerprint density at radius 2 is 1.71 bits per heavy atom. The highest BCUT2D eigenvalue weighted by molar-refractivity contribution is 6.06. The largest absolute Gasteiger partial charge is 1.00 e. The topological polar surface area (TPSA) is 115 Å². The second-order valence-corrected chi connectivity index (χ2v) is 8.96. The fourth-order valence-electron chi connectivity index (χ4n) is 4.25. The van der Waals surface area contributed by atoms with Crippen molar-refractivity contribution in [1.82, 2.24) is 5.32 Å². The molecule has 3 aromatic carbocycles. The van der Waals surface area contributed by atoms with Gasteiger partial charge in [0.15, 0.2) is 6.20 Å². The summed E-state index contributed by atoms with van der Waals surface area (Å²) in [6, 6.07) is 23.8. The minimum Gasteiger partial charge on any atom is -1.00 e. The van der Waals surface area contributed by atoms with Gasteiger partial charge in [-0.1, -0.05) is 61.5 Å². The number of fused-ring (bicyclic) bond motifs is 1. The lowest BCUT2D eigenvalue weighted by Gasteiger charge is -2.22. The van der Waals surface area contributed by atoms with Crippen LogP contribution in [-0.2, 0) is 11.3 Å². The Bertz CT molecular complexity index is 1480. The maximum absolute atomic E-state index is 13.5. The zero-order chi connectivity index (χ0) is 28.3. The molecule has 0 spiro atoms. The number of anilines is 1. The molecule has 11 heteroatoms. The van der Waals surface area contributed by atoms with Crippen molar-refractivity contribution in [3.05, 3.63) is 107 Å². The van der Waals surface area contributed by atoms with E-state index in [4.69, 9.17) is 9.47 Å². The van der Waals surface area contributed by atoms with Crippen LogP contribution < -0.4 is 43.5 Å². The predicted octanol–water partition coefficient (Wildman–Crippen LogP) is 1.90. The summed E-state index contributed by atoms with van der Waals surface area (Å²) in [6.45, 7) is 2.93. The van der Waals surface area contributed by atoms with E-state index in [1.165, 1.54) is 17.2 Å². The van der Waals surface area contributed by atoms with Crippen LogP contribution >= 0.6 is 0 Å². The number of benzene rings is 3. The molecule has 0 saturated carbocycles. The molecule has 0 saturated heterocycles. The van der Waals surface area contributed by atoms with Gasteiger partial charge in [-0.3, -0.25) is 14.9 Å². The van der Waals surface area contributed by atoms with Crippen LogP contribution in [0.3, 0.4) is 0 Å². The Labute approximate surface area is 255 Å². The Morgan fingerprint density at radius 1 is 0.976 bits per heavy atom. The summed E-state index contributed by atoms with van der Waals surface area (Å²) in [5, 5.41) is 16.2. The summed E-state index contributed by atoms with van der Waals surface area (Å²) in [4.78, 5) is 38.2. The van der Waals surface area contributed by atoms with E-state index in [1.807, 2.05) is 55.5 Å². The third-order valence-electron chi connectivity index (χ3n) is 6.09. The first-order chi connectivity index (χ1) is 19.5. The van der Waals surface area contributed by atoms with Crippen molar-refractivity contribution in [2.24, 2.45) is 0 Å². The third kappa shape index (κ3) is 8.61. The summed E-state index contributed by atoms with van der Waals surface area (Å²) in [6.07, 6.45) is 3.11. The first-order valence-electron chi connectivity index (χ1n) is 13.0. The van der Waals surface area contributed by atoms with Gasteiger partial charge in [0.2, 0.25) is 6.20 Å². The lowest BCUT2D eigenvalue weighted by Crippen LogP contribution is -3.00. The zero-order valence-electron chi connectivity index (χ0n) is 22.6. The summed E-state index contributed by atoms with van der Waals surface area (Å²) >= 11 is 0. The van der Waals surface area contributed by atoms with Gasteiger partial charge in [0.1, 0.15) is 31.1 Å². The van der Waals surface area contributed by atoms with Gasteiger partial charge in [-0.05, 0) is 23.6 Å². The van der Waals surface area contributed by atoms with Crippen molar-refractivity contribution in [3.8, 4) is 5.75 Å². The number of nitrogens with one attached hydrogen (secondary N) is 1. The van der Waals surface area contributed by atoms with E-state index in [9.17, 15) is 19.7 Å². The normalized spacial score (nSPS) is 10.4. The molecule has 0 aliphatic rings. The molecule has 1 aromatic heterocycles. The van der Waals surface area contributed by atoms with Crippen molar-refractivity contribution in [2.45, 2.75) is 19.9 Å². The molecule has 0 aliphatic carbocycles. The quantitative estimate of drug-likeness (QED) is 0.0811. The average Bonchev–Trinajstić information content (AvgIpc) is 2.97. The standard InChI is InChI=1S/C30H30N4O6.HI/c1-2-16-32-21-24(20-26(22-32)34(37)38)29(35)33(25-11-4-3-5-12-25)17-19-40-30(36)31-15-18-39-28-14-8-10-23-9-6-7-13-27(23)28;/h3-14,20-22H,2,15-19H2,1H3;1H. The van der Waals surface area contributed by atoms with E-state index in [0.29, 0.717) is 12.2 Å². The number of hydrogen-bond acceptors (Lipinski definition) is 6. The zero-order valence-corrected chi connectivity index (χ0v) is 24.7. The van der Waals surface area contributed by atoms with Crippen LogP contribution in [0.2, 0.25) is 0 Å². The summed E-state index contributed by atoms with van der Waals surface area (Å²) in [5.74, 6) is 0.291. The third-order valence-corrected chi connectivity index (χ3v) is 6.09. The van der Waals surface area contributed by atoms with Crippen LogP contribution in [0.5, 0.6) is 5.75 Å². The molecule has 1 N–H and O–H groups in total. The van der Waals surface area contributed by atoms with Gasteiger partial charge in [0.25, 0.3) is 5.91 Å². The molecule has 4 rings (SSSR count). The fraction of sp³-hybridized carbons (Fsp3) is 0.233. The summed E-state index contributed by atoms with van der Waals surface area (Å²) in [7, 11) is 0. The van der Waals surface area contributed by atoms with Gasteiger partial charge in [-0.2, -0.15) is 4.57 Å². The molecule has 41 heavy (non-hydrogen) atoms. The number of alkyl carbamates (subject to hydrolysis) is 1. The van der Waals surface area contributed by atoms with E-state index >= 15 is 0 Å². The first kappa shape index (κ1) is 31.3. The van der Waals surface area contributed by atoms with Gasteiger partial charge < -0.3 is 43.7 Å². The lowest BCUT2D eigenvalue weighted by atomic mass is 10.1. The second kappa shape index (κ2) is 15.5. The highest BCUT2D eigenvalue weighted by Crippen LogP contribution is 2.25. The van der Waals surface area contributed by atoms with Gasteiger partial charge in [-0.15, -0.1) is 0 Å². The van der Waals surface area contributed by atoms with Gasteiger partial charge in [0, 0.05) is 23.6 Å². The van der Waals surface area contributed by atoms with Crippen molar-refractivity contribution >= 4 is 34.1 Å². The number of rotatable bonds is 12. The Morgan fingerprint density at radius 3 is 2.46 bits per heavy atom. The average molecular weight is 671 g/mol. The molecular formula is C30H31IN4O6. The van der Waals surface area contributed by atoms with E-state index in [0.717, 1.165) is 22.9 Å². The van der Waals surface area contributed by atoms with Crippen LogP contribution in [0.1, 0.15) is 23.7 Å². The molecule has 0 radical (unpaired) electrons. The number of ether oxygens (including phenoxy) is 2. The second-order valence-electron chi connectivity index (χ2n) is 8.96. The van der Waals surface area contributed by atoms with Crippen LogP contribution in [0.15, 0.2) is 91.3 Å². The maximum atomic E-state index is 13.5. The molecule has 0 bridgehead atoms. The number of carbonyl (C=O) groups excluding carboxylic acids is 2. The van der Waals surface area contributed by atoms with Gasteiger partial charge in [-0.25, -0.2) is 4.79 Å². The van der Waals surface area contributed by atoms with Crippen LogP contribution in [-0.4, -0.2) is 43.2 Å². The number of aromatic nitrogens is 1. The number of hydrogen-bond donors (Lipinski definition) is 1. The van der Waals surface area contributed by atoms with Crippen LogP contribution in [0.25, 0.3) is 10.8 Å². The van der Waals surface area contributed by atoms with Crippen molar-refractivity contribution in [1.29, 1.82) is 0 Å². The summed E-state index contributed by atoms with van der Waals surface area (Å²) in [5.41, 5.74) is 0.573. The minimum atomic E-state index is -0.641. The highest BCUT2D eigenvalue weighted by Gasteiger charge is 2.25. The van der Waals surface area contributed by atoms with Crippen molar-refractivity contribution in [2.75, 3.05) is 31.2 Å². The molecule has 1 heterocycles. The van der Waals surface area contributed by atoms with Gasteiger partial charge in [0.05, 0.1) is 18.0 Å². The van der Waals surface area contributed by atoms with E-state index < -0.39 is 16.9 Å². The van der Waals surface area contributed by atoms with Crippen LogP contribution in [0.4, 0.5) is 16.2 Å². The number of nitro groups is 1. The molecule has 2 amide bonds. The minimum absolute atomic E-state index is 0. The number of aryl methyl sites for hydroxylation is 1. The smallest absolute Gasteiger partial charge is 0.407 e. The van der Waals surface area contributed by atoms with E-state index in [-0.39, 0.29) is 61.5 Å². The summed E-state index contributed by atoms with van der Waals surface area (Å²) < 4.78 is 12.8. The molecule has 4 aromatic rings. The van der Waals surface area contributed by atoms with Gasteiger partial charge >= 0.3 is 11.8 Å². The number of amides is 2. The predicted molar refractivity (Wildman–Crippen MR) is 150 cm³/mol. The van der Waals surface area contributed by atoms with E-state index in [1.54, 1.807) is 35.0 Å². The molecule has 10 nitrogen and oxygen atoms in total. The number of pyridine rings is 1. The Balaban J connectivity index is 0.00000462. The number of nitrogens with zero attached hydrogens (tertiary/aromatic N) is 3. The number of para-hydroxylation sites is 1. The lowest BCUT2D eigenvalue weighted by molar-refractivity contribution is -0.699. The SMILES string of the molecule is CCC[n+]1cc(C(=O)N(CCOC(=O)NCCOc2cccc3ccccc23)c2ccccc2)cc([N+](=O)[O-])c1.[I-]. The van der Waals surface area contributed by atoms with Crippen molar-refractivity contribution < 1.29 is 52.5 Å². The maximum Gasteiger partial charge on any atom is 0.407 e. The van der Waals surface area contributed by atoms with E-state index in [2.05, 4.69) is 5.32 Å². The fourth-order valence-corrected chi connectivity index (χ4v) is 4.25. The van der Waals surface area contributed by atoms with Crippen molar-refractivity contribution in [3.63, 3.8) is 0 Å². The first-order valence-corrected chi connectivity index (χ1v) is 13.0. The van der Waals surface area contributed by atoms with Crippen LogP contribution in [0, 0.1) is 10.1 Å². The molecular weight excluding hydrogens is 639 g/mol. The molecule has 214 valence electrons. The molecule has 0 atom stereocenters. The molecule has 0 fully saturated rings. The number of halogens is 1. The monoisotopic (exact) mass is 670 g/mol. The Kier molecular flexibility index (Phi) is 11.8. The molecule has 0 aliphatic heterocycles.